The van der Waals surface area contributed by atoms with Crippen molar-refractivity contribution in [1.29, 1.82) is 0 Å². The van der Waals surface area contributed by atoms with E-state index in [1.165, 1.54) is 19.2 Å². The summed E-state index contributed by atoms with van der Waals surface area (Å²) in [6, 6.07) is 5.28. The van der Waals surface area contributed by atoms with Gasteiger partial charge in [-0.1, -0.05) is 11.2 Å². The zero-order valence-electron chi connectivity index (χ0n) is 10.6. The standard InChI is InChI=1S/C13H12FNO5/c1-18-7-9-5-8(15-20-9)6-19-12-10(13(16)17)3-2-4-11(12)14/h2-5H,6-7H2,1H3,(H,16,17). The summed E-state index contributed by atoms with van der Waals surface area (Å²) in [6.45, 7) is 0.154. The minimum Gasteiger partial charge on any atom is -0.483 e. The Morgan fingerprint density at radius 2 is 2.25 bits per heavy atom. The van der Waals surface area contributed by atoms with Crippen LogP contribution in [-0.4, -0.2) is 23.3 Å². The van der Waals surface area contributed by atoms with Gasteiger partial charge in [-0.05, 0) is 12.1 Å². The summed E-state index contributed by atoms with van der Waals surface area (Å²) >= 11 is 0. The third kappa shape index (κ3) is 3.12. The number of nitrogens with zero attached hydrogens (tertiary/aromatic N) is 1. The molecule has 0 radical (unpaired) electrons. The van der Waals surface area contributed by atoms with Gasteiger partial charge in [0.05, 0.1) is 0 Å². The van der Waals surface area contributed by atoms with E-state index >= 15 is 0 Å². The first kappa shape index (κ1) is 14.0. The molecule has 1 N–H and O–H groups in total. The molecule has 0 atom stereocenters. The third-order valence-corrected chi connectivity index (χ3v) is 2.46. The Balaban J connectivity index is 2.12. The van der Waals surface area contributed by atoms with Gasteiger partial charge in [0.15, 0.2) is 17.3 Å². The first-order valence-electron chi connectivity index (χ1n) is 5.70. The highest BCUT2D eigenvalue weighted by Gasteiger charge is 2.16. The minimum atomic E-state index is -1.26. The number of aromatic carboxylic acids is 1. The van der Waals surface area contributed by atoms with Crippen LogP contribution in [0.15, 0.2) is 28.8 Å². The summed E-state index contributed by atoms with van der Waals surface area (Å²) in [6.07, 6.45) is 0. The summed E-state index contributed by atoms with van der Waals surface area (Å²) in [5.74, 6) is -1.83. The van der Waals surface area contributed by atoms with Gasteiger partial charge in [-0.3, -0.25) is 0 Å². The summed E-state index contributed by atoms with van der Waals surface area (Å²) in [4.78, 5) is 11.0. The number of hydrogen-bond acceptors (Lipinski definition) is 5. The van der Waals surface area contributed by atoms with E-state index < -0.39 is 11.8 Å². The van der Waals surface area contributed by atoms with E-state index in [9.17, 15) is 9.18 Å². The van der Waals surface area contributed by atoms with Gasteiger partial charge in [0.25, 0.3) is 0 Å². The molecule has 106 valence electrons. The lowest BCUT2D eigenvalue weighted by Gasteiger charge is -2.08. The smallest absolute Gasteiger partial charge is 0.339 e. The number of carboxylic acids is 1. The van der Waals surface area contributed by atoms with Crippen molar-refractivity contribution in [1.82, 2.24) is 5.16 Å². The molecular formula is C13H12FNO5. The second-order valence-corrected chi connectivity index (χ2v) is 3.93. The summed E-state index contributed by atoms with van der Waals surface area (Å²) < 4.78 is 28.6. The van der Waals surface area contributed by atoms with Crippen molar-refractivity contribution in [3.63, 3.8) is 0 Å². The fourth-order valence-corrected chi connectivity index (χ4v) is 1.60. The monoisotopic (exact) mass is 281 g/mol. The van der Waals surface area contributed by atoms with Crippen molar-refractivity contribution in [2.75, 3.05) is 7.11 Å². The van der Waals surface area contributed by atoms with Crippen LogP contribution in [0.25, 0.3) is 0 Å². The number of halogens is 1. The van der Waals surface area contributed by atoms with E-state index in [0.29, 0.717) is 11.5 Å². The van der Waals surface area contributed by atoms with Gasteiger partial charge in [-0.2, -0.15) is 0 Å². The first-order valence-corrected chi connectivity index (χ1v) is 5.70. The Morgan fingerprint density at radius 3 is 2.95 bits per heavy atom. The van der Waals surface area contributed by atoms with E-state index in [-0.39, 0.29) is 24.5 Å². The lowest BCUT2D eigenvalue weighted by Crippen LogP contribution is -2.05. The quantitative estimate of drug-likeness (QED) is 0.874. The maximum Gasteiger partial charge on any atom is 0.339 e. The van der Waals surface area contributed by atoms with Gasteiger partial charge in [0.2, 0.25) is 0 Å². The predicted molar refractivity (Wildman–Crippen MR) is 64.9 cm³/mol. The number of benzene rings is 1. The zero-order valence-corrected chi connectivity index (χ0v) is 10.6. The molecule has 1 aromatic heterocycles. The highest BCUT2D eigenvalue weighted by Crippen LogP contribution is 2.23. The summed E-state index contributed by atoms with van der Waals surface area (Å²) in [5, 5.41) is 12.7. The van der Waals surface area contributed by atoms with Crippen molar-refractivity contribution in [3.05, 3.63) is 47.1 Å². The lowest BCUT2D eigenvalue weighted by molar-refractivity contribution is 0.0690. The Labute approximate surface area is 113 Å². The second kappa shape index (κ2) is 6.16. The molecule has 2 aromatic rings. The van der Waals surface area contributed by atoms with Gasteiger partial charge in [0, 0.05) is 13.2 Å². The largest absolute Gasteiger partial charge is 0.483 e. The van der Waals surface area contributed by atoms with Crippen molar-refractivity contribution in [2.24, 2.45) is 0 Å². The average molecular weight is 281 g/mol. The zero-order chi connectivity index (χ0) is 14.5. The molecule has 0 saturated heterocycles. The third-order valence-electron chi connectivity index (χ3n) is 2.46. The highest BCUT2D eigenvalue weighted by molar-refractivity contribution is 5.90. The van der Waals surface area contributed by atoms with Crippen LogP contribution in [0.2, 0.25) is 0 Å². The van der Waals surface area contributed by atoms with Crippen LogP contribution in [0.4, 0.5) is 4.39 Å². The molecule has 0 spiro atoms. The number of aromatic nitrogens is 1. The Hall–Kier alpha value is -2.41. The molecule has 0 amide bonds. The van der Waals surface area contributed by atoms with Crippen LogP contribution in [0.5, 0.6) is 5.75 Å². The van der Waals surface area contributed by atoms with E-state index in [1.54, 1.807) is 6.07 Å². The van der Waals surface area contributed by atoms with Crippen LogP contribution in [0, 0.1) is 5.82 Å². The number of methoxy groups -OCH3 is 1. The number of ether oxygens (including phenoxy) is 2. The van der Waals surface area contributed by atoms with Crippen molar-refractivity contribution >= 4 is 5.97 Å². The Bertz CT molecular complexity index is 611. The lowest BCUT2D eigenvalue weighted by atomic mass is 10.2. The minimum absolute atomic E-state index is 0.103. The molecule has 6 nitrogen and oxygen atoms in total. The highest BCUT2D eigenvalue weighted by atomic mass is 19.1. The molecular weight excluding hydrogens is 269 g/mol. The molecule has 1 aromatic carbocycles. The van der Waals surface area contributed by atoms with Gasteiger partial charge >= 0.3 is 5.97 Å². The van der Waals surface area contributed by atoms with Gasteiger partial charge < -0.3 is 19.1 Å². The number of rotatable bonds is 6. The number of carbonyl (C=O) groups is 1. The number of carboxylic acid groups (broad SMARTS) is 1. The van der Waals surface area contributed by atoms with Gasteiger partial charge in [-0.25, -0.2) is 9.18 Å². The van der Waals surface area contributed by atoms with Crippen LogP contribution >= 0.6 is 0 Å². The van der Waals surface area contributed by atoms with Crippen LogP contribution in [0.3, 0.4) is 0 Å². The molecule has 0 fully saturated rings. The number of hydrogen-bond donors (Lipinski definition) is 1. The maximum atomic E-state index is 13.6. The molecule has 0 aliphatic heterocycles. The molecule has 0 aliphatic rings. The molecule has 0 saturated carbocycles. The fourth-order valence-electron chi connectivity index (χ4n) is 1.60. The number of para-hydroxylation sites is 1. The van der Waals surface area contributed by atoms with Crippen LogP contribution in [0.1, 0.15) is 21.8 Å². The second-order valence-electron chi connectivity index (χ2n) is 3.93. The average Bonchev–Trinajstić information content (AvgIpc) is 2.85. The van der Waals surface area contributed by atoms with Crippen molar-refractivity contribution in [2.45, 2.75) is 13.2 Å². The van der Waals surface area contributed by atoms with Gasteiger partial charge in [-0.15, -0.1) is 0 Å². The molecule has 20 heavy (non-hydrogen) atoms. The summed E-state index contributed by atoms with van der Waals surface area (Å²) in [7, 11) is 1.51. The molecule has 0 bridgehead atoms. The normalized spacial score (nSPS) is 10.5. The molecule has 1 heterocycles. The molecule has 2 rings (SSSR count). The first-order chi connectivity index (χ1) is 9.61. The maximum absolute atomic E-state index is 13.6. The Kier molecular flexibility index (Phi) is 4.31. The SMILES string of the molecule is COCc1cc(COc2c(F)cccc2C(=O)O)no1. The summed E-state index contributed by atoms with van der Waals surface area (Å²) in [5.41, 5.74) is 0.169. The van der Waals surface area contributed by atoms with E-state index in [2.05, 4.69) is 5.16 Å². The van der Waals surface area contributed by atoms with Gasteiger partial charge in [0.1, 0.15) is 24.5 Å². The predicted octanol–water partition coefficient (Wildman–Crippen LogP) is 2.24. The molecule has 0 unspecified atom stereocenters. The van der Waals surface area contributed by atoms with E-state index in [4.69, 9.17) is 19.1 Å². The van der Waals surface area contributed by atoms with Crippen LogP contribution < -0.4 is 4.74 Å². The fraction of sp³-hybridized carbons (Fsp3) is 0.231. The van der Waals surface area contributed by atoms with E-state index in [0.717, 1.165) is 6.07 Å². The molecule has 0 aliphatic carbocycles. The Morgan fingerprint density at radius 1 is 1.45 bits per heavy atom. The molecule has 7 heteroatoms. The van der Waals surface area contributed by atoms with Crippen molar-refractivity contribution < 1.29 is 28.3 Å². The topological polar surface area (TPSA) is 81.8 Å². The van der Waals surface area contributed by atoms with Crippen LogP contribution in [-0.2, 0) is 18.0 Å². The van der Waals surface area contributed by atoms with Crippen molar-refractivity contribution in [3.8, 4) is 5.75 Å². The van der Waals surface area contributed by atoms with E-state index in [1.807, 2.05) is 0 Å².